The zero-order valence-electron chi connectivity index (χ0n) is 11.1. The molecule has 2 aromatic heterocycles. The molecule has 7 nitrogen and oxygen atoms in total. The number of aliphatic carboxylic acids is 1. The van der Waals surface area contributed by atoms with Gasteiger partial charge in [0.25, 0.3) is 0 Å². The maximum Gasteiger partial charge on any atom is 0.308 e. The second-order valence-corrected chi connectivity index (χ2v) is 5.59. The Morgan fingerprint density at radius 3 is 3.00 bits per heavy atom. The molecule has 0 spiro atoms. The highest BCUT2D eigenvalue weighted by Crippen LogP contribution is 2.45. The lowest BCUT2D eigenvalue weighted by molar-refractivity contribution is -0.142. The van der Waals surface area contributed by atoms with Crippen LogP contribution in [0.3, 0.4) is 0 Å². The third-order valence-corrected chi connectivity index (χ3v) is 4.61. The van der Waals surface area contributed by atoms with Gasteiger partial charge in [0.2, 0.25) is 0 Å². The molecule has 104 valence electrons. The number of carboxylic acids is 1. The van der Waals surface area contributed by atoms with Crippen LogP contribution in [0.4, 0.5) is 5.82 Å². The fourth-order valence-electron chi connectivity index (χ4n) is 3.74. The summed E-state index contributed by atoms with van der Waals surface area (Å²) in [6, 6.07) is 0.329. The van der Waals surface area contributed by atoms with Crippen LogP contribution in [-0.4, -0.2) is 42.9 Å². The van der Waals surface area contributed by atoms with Crippen LogP contribution in [0.2, 0.25) is 0 Å². The number of hydrogen-bond donors (Lipinski definition) is 1. The largest absolute Gasteiger partial charge is 0.481 e. The van der Waals surface area contributed by atoms with E-state index in [0.29, 0.717) is 6.42 Å². The first-order chi connectivity index (χ1) is 9.66. The monoisotopic (exact) mass is 273 g/mol. The van der Waals surface area contributed by atoms with Crippen LogP contribution in [0.1, 0.15) is 19.3 Å². The van der Waals surface area contributed by atoms with Crippen LogP contribution in [0.15, 0.2) is 12.5 Å². The molecule has 4 heterocycles. The Kier molecular flexibility index (Phi) is 2.27. The van der Waals surface area contributed by atoms with Gasteiger partial charge in [0.1, 0.15) is 12.1 Å². The minimum absolute atomic E-state index is 0.0517. The van der Waals surface area contributed by atoms with Crippen molar-refractivity contribution in [1.29, 1.82) is 0 Å². The summed E-state index contributed by atoms with van der Waals surface area (Å²) in [5.41, 5.74) is 0.785. The van der Waals surface area contributed by atoms with Gasteiger partial charge in [-0.05, 0) is 19.3 Å². The van der Waals surface area contributed by atoms with Crippen molar-refractivity contribution in [3.05, 3.63) is 12.5 Å². The van der Waals surface area contributed by atoms with Crippen molar-refractivity contribution in [1.82, 2.24) is 19.7 Å². The van der Waals surface area contributed by atoms with Crippen LogP contribution in [0.5, 0.6) is 0 Å². The maximum atomic E-state index is 11.4. The van der Waals surface area contributed by atoms with E-state index in [0.717, 1.165) is 29.7 Å². The lowest BCUT2D eigenvalue weighted by atomic mass is 9.89. The Bertz CT molecular complexity index is 697. The number of anilines is 1. The van der Waals surface area contributed by atoms with Crippen molar-refractivity contribution >= 4 is 22.8 Å². The van der Waals surface area contributed by atoms with Crippen molar-refractivity contribution in [3.63, 3.8) is 0 Å². The smallest absolute Gasteiger partial charge is 0.308 e. The van der Waals surface area contributed by atoms with Crippen LogP contribution < -0.4 is 4.90 Å². The predicted molar refractivity (Wildman–Crippen MR) is 71.3 cm³/mol. The summed E-state index contributed by atoms with van der Waals surface area (Å²) in [7, 11) is 1.84. The number of nitrogens with zero attached hydrogens (tertiary/aromatic N) is 5. The number of hydrogen-bond acceptors (Lipinski definition) is 5. The molecule has 0 radical (unpaired) electrons. The van der Waals surface area contributed by atoms with Gasteiger partial charge in [-0.1, -0.05) is 0 Å². The number of aryl methyl sites for hydroxylation is 1. The summed E-state index contributed by atoms with van der Waals surface area (Å²) in [5, 5.41) is 14.5. The molecule has 0 saturated carbocycles. The zero-order valence-corrected chi connectivity index (χ0v) is 11.1. The van der Waals surface area contributed by atoms with Gasteiger partial charge in [0, 0.05) is 19.1 Å². The number of carbonyl (C=O) groups is 1. The van der Waals surface area contributed by atoms with Gasteiger partial charge in [-0.15, -0.1) is 0 Å². The average Bonchev–Trinajstić information content (AvgIpc) is 3.11. The summed E-state index contributed by atoms with van der Waals surface area (Å²) in [4.78, 5) is 22.2. The number of rotatable bonds is 2. The van der Waals surface area contributed by atoms with Gasteiger partial charge in [0.05, 0.1) is 17.5 Å². The molecule has 0 aliphatic carbocycles. The Hall–Kier alpha value is -2.18. The van der Waals surface area contributed by atoms with Gasteiger partial charge < -0.3 is 10.0 Å². The van der Waals surface area contributed by atoms with E-state index in [4.69, 9.17) is 0 Å². The highest BCUT2D eigenvalue weighted by molar-refractivity contribution is 5.88. The number of carboxylic acid groups (broad SMARTS) is 1. The van der Waals surface area contributed by atoms with Crippen LogP contribution in [0.25, 0.3) is 11.0 Å². The molecule has 2 fully saturated rings. The molecular formula is C13H15N5O2. The van der Waals surface area contributed by atoms with Crippen molar-refractivity contribution < 1.29 is 9.90 Å². The molecule has 0 amide bonds. The van der Waals surface area contributed by atoms with Crippen molar-refractivity contribution in [2.75, 3.05) is 4.90 Å². The number of fused-ring (bicyclic) bond motifs is 3. The Morgan fingerprint density at radius 2 is 2.25 bits per heavy atom. The summed E-state index contributed by atoms with van der Waals surface area (Å²) in [6.45, 7) is 0. The Balaban J connectivity index is 1.82. The van der Waals surface area contributed by atoms with Gasteiger partial charge >= 0.3 is 5.97 Å². The summed E-state index contributed by atoms with van der Waals surface area (Å²) >= 11 is 0. The molecule has 20 heavy (non-hydrogen) atoms. The van der Waals surface area contributed by atoms with E-state index in [9.17, 15) is 9.90 Å². The fourth-order valence-corrected chi connectivity index (χ4v) is 3.74. The van der Waals surface area contributed by atoms with Gasteiger partial charge in [-0.3, -0.25) is 9.48 Å². The lowest BCUT2D eigenvalue weighted by Gasteiger charge is -2.24. The van der Waals surface area contributed by atoms with Crippen LogP contribution >= 0.6 is 0 Å². The first-order valence-electron chi connectivity index (χ1n) is 6.80. The second-order valence-electron chi connectivity index (χ2n) is 5.59. The normalized spacial score (nSPS) is 28.4. The van der Waals surface area contributed by atoms with E-state index in [1.165, 1.54) is 6.33 Å². The average molecular weight is 273 g/mol. The Morgan fingerprint density at radius 1 is 1.40 bits per heavy atom. The summed E-state index contributed by atoms with van der Waals surface area (Å²) < 4.78 is 1.72. The molecule has 4 rings (SSSR count). The molecule has 2 aliphatic heterocycles. The molecule has 2 saturated heterocycles. The molecule has 0 aromatic carbocycles. The molecule has 7 heteroatoms. The molecule has 2 bridgehead atoms. The topological polar surface area (TPSA) is 84.1 Å². The minimum Gasteiger partial charge on any atom is -0.481 e. The third kappa shape index (κ3) is 1.40. The summed E-state index contributed by atoms with van der Waals surface area (Å²) in [5.74, 6) is -0.145. The second kappa shape index (κ2) is 3.91. The zero-order chi connectivity index (χ0) is 13.9. The van der Waals surface area contributed by atoms with E-state index in [2.05, 4.69) is 20.0 Å². The van der Waals surface area contributed by atoms with Crippen molar-refractivity contribution in [2.45, 2.75) is 31.3 Å². The van der Waals surface area contributed by atoms with Crippen molar-refractivity contribution in [2.24, 2.45) is 13.0 Å². The van der Waals surface area contributed by atoms with Crippen LogP contribution in [-0.2, 0) is 11.8 Å². The van der Waals surface area contributed by atoms with Gasteiger partial charge in [-0.25, -0.2) is 9.97 Å². The maximum absolute atomic E-state index is 11.4. The molecule has 3 atom stereocenters. The Labute approximate surface area is 115 Å². The third-order valence-electron chi connectivity index (χ3n) is 4.61. The fraction of sp³-hybridized carbons (Fsp3) is 0.538. The first kappa shape index (κ1) is 11.6. The van der Waals surface area contributed by atoms with Crippen molar-refractivity contribution in [3.8, 4) is 0 Å². The summed E-state index contributed by atoms with van der Waals surface area (Å²) in [6.07, 6.45) is 5.98. The van der Waals surface area contributed by atoms with Crippen LogP contribution in [0, 0.1) is 5.92 Å². The quantitative estimate of drug-likeness (QED) is 0.871. The predicted octanol–water partition coefficient (Wildman–Crippen LogP) is 0.805. The van der Waals surface area contributed by atoms with E-state index in [1.807, 2.05) is 7.05 Å². The first-order valence-corrected chi connectivity index (χ1v) is 6.80. The standard InChI is InChI=1S/C13H15N5O2/c1-17-11-9(5-16-17)12(15-6-14-11)18-7-2-3-10(18)8(4-7)13(19)20/h5-8,10H,2-4H2,1H3,(H,19,20). The van der Waals surface area contributed by atoms with E-state index in [-0.39, 0.29) is 18.0 Å². The van der Waals surface area contributed by atoms with E-state index < -0.39 is 5.97 Å². The minimum atomic E-state index is -0.696. The highest BCUT2D eigenvalue weighted by atomic mass is 16.4. The highest BCUT2D eigenvalue weighted by Gasteiger charge is 2.50. The van der Waals surface area contributed by atoms with Gasteiger partial charge in [-0.2, -0.15) is 5.10 Å². The molecular weight excluding hydrogens is 258 g/mol. The molecule has 2 aromatic rings. The molecule has 1 N–H and O–H groups in total. The molecule has 3 unspecified atom stereocenters. The number of aromatic nitrogens is 4. The molecule has 2 aliphatic rings. The van der Waals surface area contributed by atoms with E-state index in [1.54, 1.807) is 10.9 Å². The van der Waals surface area contributed by atoms with Gasteiger partial charge in [0.15, 0.2) is 5.65 Å². The van der Waals surface area contributed by atoms with E-state index >= 15 is 0 Å². The SMILES string of the molecule is Cn1ncc2c(N3C4CCC3C(C(=O)O)C4)ncnc21. The lowest BCUT2D eigenvalue weighted by Crippen LogP contribution is -2.33.